The Bertz CT molecular complexity index is 547. The van der Waals surface area contributed by atoms with Crippen molar-refractivity contribution in [3.8, 4) is 5.75 Å². The number of carbonyl (C=O) groups excluding carboxylic acids is 1. The molecule has 2 atom stereocenters. The molecule has 1 aromatic carbocycles. The molecule has 0 bridgehead atoms. The molecule has 2 aliphatic rings. The van der Waals surface area contributed by atoms with Crippen molar-refractivity contribution in [1.29, 1.82) is 0 Å². The molecule has 0 radical (unpaired) electrons. The lowest BCUT2D eigenvalue weighted by atomic mass is 9.78. The molecule has 1 amide bonds. The van der Waals surface area contributed by atoms with E-state index in [4.69, 9.17) is 27.9 Å². The summed E-state index contributed by atoms with van der Waals surface area (Å²) in [6, 6.07) is 5.46. The molecule has 2 unspecified atom stereocenters. The van der Waals surface area contributed by atoms with Gasteiger partial charge in [-0.3, -0.25) is 4.79 Å². The summed E-state index contributed by atoms with van der Waals surface area (Å²) in [4.78, 5) is 14.6. The minimum atomic E-state index is 0.0462. The number of halogens is 2. The highest BCUT2D eigenvalue weighted by Crippen LogP contribution is 2.35. The molecule has 1 heterocycles. The largest absolute Gasteiger partial charge is 0.482 e. The van der Waals surface area contributed by atoms with Crippen LogP contribution in [0.4, 0.5) is 0 Å². The topological polar surface area (TPSA) is 29.5 Å². The van der Waals surface area contributed by atoms with E-state index in [1.54, 1.807) is 18.2 Å². The summed E-state index contributed by atoms with van der Waals surface area (Å²) < 4.78 is 5.60. The van der Waals surface area contributed by atoms with Gasteiger partial charge in [-0.25, -0.2) is 0 Å². The second kappa shape index (κ2) is 7.10. The van der Waals surface area contributed by atoms with Crippen molar-refractivity contribution in [2.24, 2.45) is 5.92 Å². The normalized spacial score (nSPS) is 24.7. The van der Waals surface area contributed by atoms with Gasteiger partial charge in [-0.2, -0.15) is 0 Å². The lowest BCUT2D eigenvalue weighted by molar-refractivity contribution is -0.139. The minimum Gasteiger partial charge on any atom is -0.482 e. The fraction of sp³-hybridized carbons (Fsp3) is 0.588. The summed E-state index contributed by atoms with van der Waals surface area (Å²) in [5, 5.41) is 0.999. The van der Waals surface area contributed by atoms with Crippen LogP contribution in [0.2, 0.25) is 10.0 Å². The maximum absolute atomic E-state index is 12.5. The van der Waals surface area contributed by atoms with Gasteiger partial charge < -0.3 is 9.64 Å². The van der Waals surface area contributed by atoms with E-state index in [-0.39, 0.29) is 12.5 Å². The number of rotatable bonds is 3. The molecule has 22 heavy (non-hydrogen) atoms. The van der Waals surface area contributed by atoms with Gasteiger partial charge in [0.1, 0.15) is 5.75 Å². The average molecular weight is 342 g/mol. The molecule has 3 rings (SSSR count). The average Bonchev–Trinajstić information content (AvgIpc) is 2.53. The zero-order valence-corrected chi connectivity index (χ0v) is 14.1. The van der Waals surface area contributed by atoms with Gasteiger partial charge in [0.25, 0.3) is 5.91 Å². The number of benzene rings is 1. The lowest BCUT2D eigenvalue weighted by Crippen LogP contribution is -2.51. The van der Waals surface area contributed by atoms with Crippen molar-refractivity contribution in [2.75, 3.05) is 13.2 Å². The van der Waals surface area contributed by atoms with Gasteiger partial charge in [-0.15, -0.1) is 0 Å². The minimum absolute atomic E-state index is 0.0462. The number of amides is 1. The van der Waals surface area contributed by atoms with Gasteiger partial charge in [-0.1, -0.05) is 36.0 Å². The van der Waals surface area contributed by atoms with Crippen LogP contribution in [0.15, 0.2) is 18.2 Å². The maximum Gasteiger partial charge on any atom is 0.260 e. The predicted octanol–water partition coefficient (Wildman–Crippen LogP) is 4.55. The predicted molar refractivity (Wildman–Crippen MR) is 88.7 cm³/mol. The Morgan fingerprint density at radius 3 is 2.77 bits per heavy atom. The van der Waals surface area contributed by atoms with Gasteiger partial charge >= 0.3 is 0 Å². The van der Waals surface area contributed by atoms with Crippen LogP contribution in [-0.2, 0) is 4.79 Å². The van der Waals surface area contributed by atoms with Gasteiger partial charge in [0.15, 0.2) is 6.61 Å². The first-order chi connectivity index (χ1) is 10.6. The van der Waals surface area contributed by atoms with E-state index in [1.807, 2.05) is 4.90 Å². The standard InChI is InChI=1S/C17H21Cl2NO2/c18-13-7-8-16(14(19)10-13)22-11-17(21)20-9-3-5-12-4-1-2-6-15(12)20/h7-8,10,12,15H,1-6,9,11H2. The van der Waals surface area contributed by atoms with E-state index in [0.717, 1.165) is 19.4 Å². The van der Waals surface area contributed by atoms with Crippen LogP contribution in [0, 0.1) is 5.92 Å². The van der Waals surface area contributed by atoms with Crippen LogP contribution in [0.1, 0.15) is 38.5 Å². The van der Waals surface area contributed by atoms with Crippen molar-refractivity contribution in [2.45, 2.75) is 44.6 Å². The second-order valence-electron chi connectivity index (χ2n) is 6.20. The molecule has 0 spiro atoms. The van der Waals surface area contributed by atoms with Crippen molar-refractivity contribution >= 4 is 29.1 Å². The number of fused-ring (bicyclic) bond motifs is 1. The summed E-state index contributed by atoms with van der Waals surface area (Å²) in [5.74, 6) is 1.27. The number of nitrogens with zero attached hydrogens (tertiary/aromatic N) is 1. The van der Waals surface area contributed by atoms with E-state index in [0.29, 0.717) is 27.8 Å². The summed E-state index contributed by atoms with van der Waals surface area (Å²) in [6.45, 7) is 0.905. The molecule has 1 aliphatic carbocycles. The highest BCUT2D eigenvalue weighted by molar-refractivity contribution is 6.35. The Labute approximate surface area is 141 Å². The summed E-state index contributed by atoms with van der Waals surface area (Å²) in [5.41, 5.74) is 0. The van der Waals surface area contributed by atoms with E-state index >= 15 is 0 Å². The van der Waals surface area contributed by atoms with Crippen LogP contribution in [0.3, 0.4) is 0 Å². The molecule has 5 heteroatoms. The third kappa shape index (κ3) is 3.52. The summed E-state index contributed by atoms with van der Waals surface area (Å²) in [7, 11) is 0. The molecule has 0 N–H and O–H groups in total. The molecule has 3 nitrogen and oxygen atoms in total. The van der Waals surface area contributed by atoms with Gasteiger partial charge in [0.2, 0.25) is 0 Å². The number of hydrogen-bond donors (Lipinski definition) is 0. The highest BCUT2D eigenvalue weighted by Gasteiger charge is 2.35. The Kier molecular flexibility index (Phi) is 5.14. The molecule has 1 saturated heterocycles. The van der Waals surface area contributed by atoms with Gasteiger partial charge in [0.05, 0.1) is 5.02 Å². The van der Waals surface area contributed by atoms with Crippen LogP contribution in [0.25, 0.3) is 0 Å². The number of carbonyl (C=O) groups is 1. The summed E-state index contributed by atoms with van der Waals surface area (Å²) in [6.07, 6.45) is 7.30. The molecule has 1 saturated carbocycles. The Balaban J connectivity index is 1.61. The second-order valence-corrected chi connectivity index (χ2v) is 7.05. The zero-order chi connectivity index (χ0) is 15.5. The van der Waals surface area contributed by atoms with Crippen molar-refractivity contribution in [1.82, 2.24) is 4.90 Å². The van der Waals surface area contributed by atoms with Crippen molar-refractivity contribution in [3.05, 3.63) is 28.2 Å². The van der Waals surface area contributed by atoms with E-state index in [1.165, 1.54) is 25.7 Å². The van der Waals surface area contributed by atoms with Crippen molar-refractivity contribution in [3.63, 3.8) is 0 Å². The van der Waals surface area contributed by atoms with E-state index in [9.17, 15) is 4.79 Å². The fourth-order valence-electron chi connectivity index (χ4n) is 3.75. The molecule has 0 aromatic heterocycles. The zero-order valence-electron chi connectivity index (χ0n) is 12.6. The third-order valence-corrected chi connectivity index (χ3v) is 5.34. The number of ether oxygens (including phenoxy) is 1. The van der Waals surface area contributed by atoms with Gasteiger partial charge in [0, 0.05) is 17.6 Å². The van der Waals surface area contributed by atoms with Gasteiger partial charge in [-0.05, 0) is 49.8 Å². The first-order valence-electron chi connectivity index (χ1n) is 8.02. The van der Waals surface area contributed by atoms with Crippen molar-refractivity contribution < 1.29 is 9.53 Å². The maximum atomic E-state index is 12.5. The Hall–Kier alpha value is -0.930. The molecule has 120 valence electrons. The van der Waals surface area contributed by atoms with Crippen LogP contribution < -0.4 is 4.74 Å². The molecule has 2 fully saturated rings. The molecule has 1 aromatic rings. The summed E-state index contributed by atoms with van der Waals surface area (Å²) >= 11 is 11.9. The SMILES string of the molecule is O=C(COc1ccc(Cl)cc1Cl)N1CCCC2CCCCC21. The first-order valence-corrected chi connectivity index (χ1v) is 8.78. The highest BCUT2D eigenvalue weighted by atomic mass is 35.5. The molecular weight excluding hydrogens is 321 g/mol. The third-order valence-electron chi connectivity index (χ3n) is 4.81. The quantitative estimate of drug-likeness (QED) is 0.806. The molecular formula is C17H21Cl2NO2. The van der Waals surface area contributed by atoms with Crippen LogP contribution in [0.5, 0.6) is 5.75 Å². The fourth-order valence-corrected chi connectivity index (χ4v) is 4.21. The smallest absolute Gasteiger partial charge is 0.260 e. The lowest BCUT2D eigenvalue weighted by Gasteiger charge is -2.44. The number of likely N-dealkylation sites (tertiary alicyclic amines) is 1. The van der Waals surface area contributed by atoms with E-state index < -0.39 is 0 Å². The first kappa shape index (κ1) is 15.9. The Morgan fingerprint density at radius 2 is 1.95 bits per heavy atom. The van der Waals surface area contributed by atoms with Crippen LogP contribution in [-0.4, -0.2) is 30.0 Å². The van der Waals surface area contributed by atoms with Crippen LogP contribution >= 0.6 is 23.2 Å². The number of hydrogen-bond acceptors (Lipinski definition) is 2. The number of piperidine rings is 1. The molecule has 1 aliphatic heterocycles. The van der Waals surface area contributed by atoms with E-state index in [2.05, 4.69) is 0 Å². The monoisotopic (exact) mass is 341 g/mol. The Morgan fingerprint density at radius 1 is 1.18 bits per heavy atom.